The quantitative estimate of drug-likeness (QED) is 0.724. The predicted octanol–water partition coefficient (Wildman–Crippen LogP) is 2.95. The number of oxazole rings is 1. The van der Waals surface area contributed by atoms with Gasteiger partial charge in [-0.2, -0.15) is 8.42 Å². The van der Waals surface area contributed by atoms with E-state index in [0.717, 1.165) is 18.4 Å². The molecule has 1 aromatic heterocycles. The largest absolute Gasteiger partial charge is 0.442 e. The van der Waals surface area contributed by atoms with Gasteiger partial charge < -0.3 is 4.42 Å². The van der Waals surface area contributed by atoms with Crippen LogP contribution >= 0.6 is 0 Å². The highest BCUT2D eigenvalue weighted by Gasteiger charge is 2.12. The van der Waals surface area contributed by atoms with Gasteiger partial charge in [0.05, 0.1) is 18.6 Å². The van der Waals surface area contributed by atoms with Crippen molar-refractivity contribution >= 4 is 16.2 Å². The van der Waals surface area contributed by atoms with Gasteiger partial charge in [-0.05, 0) is 24.8 Å². The van der Waals surface area contributed by atoms with E-state index in [1.165, 1.54) is 0 Å². The first-order valence-corrected chi connectivity index (χ1v) is 8.44. The van der Waals surface area contributed by atoms with Crippen molar-refractivity contribution < 1.29 is 17.0 Å². The third-order valence-corrected chi connectivity index (χ3v) is 3.73. The number of hydrogen-bond acceptors (Lipinski definition) is 5. The molecule has 0 radical (unpaired) electrons. The minimum absolute atomic E-state index is 0.0792. The zero-order chi connectivity index (χ0) is 15.4. The lowest BCUT2D eigenvalue weighted by molar-refractivity contribution is 0.324. The molecule has 0 unspecified atom stereocenters. The van der Waals surface area contributed by atoms with E-state index >= 15 is 0 Å². The van der Waals surface area contributed by atoms with Crippen molar-refractivity contribution in [2.75, 3.05) is 12.9 Å². The number of rotatable bonds is 7. The summed E-state index contributed by atoms with van der Waals surface area (Å²) in [5.41, 5.74) is 0.824. The Kier molecular flexibility index (Phi) is 5.53. The van der Waals surface area contributed by atoms with Crippen molar-refractivity contribution in [1.29, 1.82) is 0 Å². The molecule has 0 bridgehead atoms. The van der Waals surface area contributed by atoms with Gasteiger partial charge in [0.2, 0.25) is 5.89 Å². The second-order valence-electron chi connectivity index (χ2n) is 5.51. The van der Waals surface area contributed by atoms with Gasteiger partial charge in [0.25, 0.3) is 10.1 Å². The van der Waals surface area contributed by atoms with E-state index < -0.39 is 10.1 Å². The third-order valence-electron chi connectivity index (χ3n) is 3.13. The average Bonchev–Trinajstić information content (AvgIpc) is 2.67. The predicted molar refractivity (Wildman–Crippen MR) is 78.8 cm³/mol. The van der Waals surface area contributed by atoms with Crippen molar-refractivity contribution in [2.24, 2.45) is 5.41 Å². The summed E-state index contributed by atoms with van der Waals surface area (Å²) in [6.07, 6.45) is 6.39. The van der Waals surface area contributed by atoms with E-state index in [4.69, 9.17) is 8.60 Å². The lowest BCUT2D eigenvalue weighted by Crippen LogP contribution is -2.07. The Hall–Kier alpha value is -1.14. The molecule has 5 nitrogen and oxygen atoms in total. The van der Waals surface area contributed by atoms with Crippen LogP contribution in [0.4, 0.5) is 0 Å². The van der Waals surface area contributed by atoms with E-state index in [1.54, 1.807) is 0 Å². The Bertz CT molecular complexity index is 570. The molecule has 0 fully saturated rings. The molecule has 0 aliphatic carbocycles. The minimum atomic E-state index is -3.41. The van der Waals surface area contributed by atoms with Crippen molar-refractivity contribution in [1.82, 2.24) is 4.98 Å². The highest BCUT2D eigenvalue weighted by Crippen LogP contribution is 2.23. The molecule has 0 saturated heterocycles. The molecule has 0 spiro atoms. The van der Waals surface area contributed by atoms with E-state index in [9.17, 15) is 8.42 Å². The molecule has 0 saturated carbocycles. The summed E-state index contributed by atoms with van der Waals surface area (Å²) in [4.78, 5) is 4.34. The highest BCUT2D eigenvalue weighted by atomic mass is 32.2. The maximum Gasteiger partial charge on any atom is 0.264 e. The Labute approximate surface area is 121 Å². The summed E-state index contributed by atoms with van der Waals surface area (Å²) in [6.45, 7) is 8.29. The summed E-state index contributed by atoms with van der Waals surface area (Å²) in [5.74, 6) is 1.23. The Morgan fingerprint density at radius 1 is 1.40 bits per heavy atom. The number of hydrogen-bond donors (Lipinski definition) is 0. The molecule has 0 amide bonds. The van der Waals surface area contributed by atoms with Gasteiger partial charge in [-0.1, -0.05) is 26.8 Å². The van der Waals surface area contributed by atoms with Crippen LogP contribution in [-0.2, 0) is 20.7 Å². The van der Waals surface area contributed by atoms with Crippen molar-refractivity contribution in [3.05, 3.63) is 23.4 Å². The first kappa shape index (κ1) is 16.9. The molecule has 1 heterocycles. The SMILES string of the molecule is CCC(C)(C)/C=C/c1nc(CCOS(C)(=O)=O)c(C)o1. The summed E-state index contributed by atoms with van der Waals surface area (Å²) in [7, 11) is -3.41. The normalized spacial score (nSPS) is 13.2. The summed E-state index contributed by atoms with van der Waals surface area (Å²) < 4.78 is 32.0. The van der Waals surface area contributed by atoms with Crippen LogP contribution in [0.3, 0.4) is 0 Å². The molecule has 0 atom stereocenters. The third kappa shape index (κ3) is 5.88. The Balaban J connectivity index is 2.68. The van der Waals surface area contributed by atoms with Gasteiger partial charge in [0, 0.05) is 6.42 Å². The van der Waals surface area contributed by atoms with Crippen LogP contribution in [0.15, 0.2) is 10.5 Å². The zero-order valence-electron chi connectivity index (χ0n) is 12.8. The number of nitrogens with zero attached hydrogens (tertiary/aromatic N) is 1. The number of aryl methyl sites for hydroxylation is 1. The zero-order valence-corrected chi connectivity index (χ0v) is 13.6. The molecule has 0 N–H and O–H groups in total. The minimum Gasteiger partial charge on any atom is -0.442 e. The molecule has 114 valence electrons. The van der Waals surface area contributed by atoms with E-state index in [0.29, 0.717) is 18.1 Å². The molecule has 1 aromatic rings. The standard InChI is InChI=1S/C14H23NO4S/c1-6-14(3,4)9-7-13-15-12(11(2)19-13)8-10-18-20(5,16)17/h7,9H,6,8,10H2,1-5H3/b9-7+. The van der Waals surface area contributed by atoms with Crippen LogP contribution < -0.4 is 0 Å². The molecule has 0 aromatic carbocycles. The first-order valence-electron chi connectivity index (χ1n) is 6.63. The van der Waals surface area contributed by atoms with Gasteiger partial charge in [-0.3, -0.25) is 4.18 Å². The monoisotopic (exact) mass is 301 g/mol. The summed E-state index contributed by atoms with van der Waals surface area (Å²) >= 11 is 0. The summed E-state index contributed by atoms with van der Waals surface area (Å²) in [6, 6.07) is 0. The lowest BCUT2D eigenvalue weighted by atomic mass is 9.90. The smallest absolute Gasteiger partial charge is 0.264 e. The second-order valence-corrected chi connectivity index (χ2v) is 7.15. The topological polar surface area (TPSA) is 69.4 Å². The van der Waals surface area contributed by atoms with Gasteiger partial charge in [0.1, 0.15) is 5.76 Å². The average molecular weight is 301 g/mol. The van der Waals surface area contributed by atoms with Crippen LogP contribution in [0.2, 0.25) is 0 Å². The maximum atomic E-state index is 10.9. The fourth-order valence-corrected chi connectivity index (χ4v) is 1.84. The Morgan fingerprint density at radius 3 is 2.60 bits per heavy atom. The van der Waals surface area contributed by atoms with E-state index in [2.05, 4.69) is 31.8 Å². The van der Waals surface area contributed by atoms with Crippen LogP contribution in [0.25, 0.3) is 6.08 Å². The number of aromatic nitrogens is 1. The van der Waals surface area contributed by atoms with Crippen molar-refractivity contribution in [2.45, 2.75) is 40.5 Å². The Morgan fingerprint density at radius 2 is 2.05 bits per heavy atom. The van der Waals surface area contributed by atoms with Crippen LogP contribution in [0.5, 0.6) is 0 Å². The molecular weight excluding hydrogens is 278 g/mol. The maximum absolute atomic E-state index is 10.9. The van der Waals surface area contributed by atoms with E-state index in [-0.39, 0.29) is 12.0 Å². The molecule has 6 heteroatoms. The molecule has 20 heavy (non-hydrogen) atoms. The van der Waals surface area contributed by atoms with Crippen molar-refractivity contribution in [3.8, 4) is 0 Å². The van der Waals surface area contributed by atoms with Crippen molar-refractivity contribution in [3.63, 3.8) is 0 Å². The molecule has 1 rings (SSSR count). The van der Waals surface area contributed by atoms with Gasteiger partial charge >= 0.3 is 0 Å². The lowest BCUT2D eigenvalue weighted by Gasteiger charge is -2.15. The van der Waals surface area contributed by atoms with Gasteiger partial charge in [-0.15, -0.1) is 0 Å². The van der Waals surface area contributed by atoms with Crippen LogP contribution in [0, 0.1) is 12.3 Å². The molecular formula is C14H23NO4S. The first-order chi connectivity index (χ1) is 9.13. The second kappa shape index (κ2) is 6.54. The van der Waals surface area contributed by atoms with E-state index in [1.807, 2.05) is 13.0 Å². The van der Waals surface area contributed by atoms with Crippen LogP contribution in [-0.4, -0.2) is 26.3 Å². The molecule has 0 aliphatic heterocycles. The number of allylic oxidation sites excluding steroid dienone is 1. The summed E-state index contributed by atoms with van der Waals surface area (Å²) in [5, 5.41) is 0. The van der Waals surface area contributed by atoms with Crippen LogP contribution in [0.1, 0.15) is 44.5 Å². The highest BCUT2D eigenvalue weighted by molar-refractivity contribution is 7.85. The van der Waals surface area contributed by atoms with Gasteiger partial charge in [0.15, 0.2) is 0 Å². The fourth-order valence-electron chi connectivity index (χ4n) is 1.46. The fraction of sp³-hybridized carbons (Fsp3) is 0.643. The molecule has 0 aliphatic rings. The van der Waals surface area contributed by atoms with Gasteiger partial charge in [-0.25, -0.2) is 4.98 Å².